The van der Waals surface area contributed by atoms with Crippen molar-refractivity contribution in [3.8, 4) is 5.75 Å². The quantitative estimate of drug-likeness (QED) is 0.748. The Labute approximate surface area is 127 Å². The molecule has 1 aromatic rings. The number of hydrogen-bond donors (Lipinski definition) is 2. The summed E-state index contributed by atoms with van der Waals surface area (Å²) in [7, 11) is -2.67. The fourth-order valence-corrected chi connectivity index (χ4v) is 3.37. The summed E-state index contributed by atoms with van der Waals surface area (Å²) >= 11 is 0. The number of phenols is 1. The number of hydrogen-bond acceptors (Lipinski definition) is 6. The van der Waals surface area contributed by atoms with Crippen LogP contribution in [-0.2, 0) is 31.0 Å². The molecule has 0 aliphatic carbocycles. The van der Waals surface area contributed by atoms with E-state index in [-0.39, 0.29) is 24.0 Å². The van der Waals surface area contributed by atoms with Crippen LogP contribution in [0, 0.1) is 5.92 Å². The smallest absolute Gasteiger partial charge is 0.326 e. The van der Waals surface area contributed by atoms with Crippen LogP contribution in [0.5, 0.6) is 5.75 Å². The van der Waals surface area contributed by atoms with Crippen molar-refractivity contribution >= 4 is 27.8 Å². The maximum atomic E-state index is 11.7. The van der Waals surface area contributed by atoms with Gasteiger partial charge in [0.15, 0.2) is 0 Å². The zero-order valence-corrected chi connectivity index (χ0v) is 12.9. The minimum Gasteiger partial charge on any atom is -0.506 e. The summed E-state index contributed by atoms with van der Waals surface area (Å²) in [6, 6.07) is 4.35. The average Bonchev–Trinajstić information content (AvgIpc) is 2.70. The van der Waals surface area contributed by atoms with E-state index in [0.717, 1.165) is 4.31 Å². The molecule has 1 saturated heterocycles. The van der Waals surface area contributed by atoms with Gasteiger partial charge in [0, 0.05) is 0 Å². The second-order valence-electron chi connectivity index (χ2n) is 4.99. The number of amides is 1. The van der Waals surface area contributed by atoms with Crippen molar-refractivity contribution in [1.82, 2.24) is 4.72 Å². The van der Waals surface area contributed by atoms with E-state index in [1.54, 1.807) is 13.0 Å². The van der Waals surface area contributed by atoms with E-state index in [4.69, 9.17) is 0 Å². The molecular formula is C13H16N2O6S. The molecule has 1 heterocycles. The highest BCUT2D eigenvalue weighted by Gasteiger charge is 2.35. The number of ether oxygens (including phenoxy) is 1. The molecule has 1 fully saturated rings. The molecular weight excluding hydrogens is 312 g/mol. The Morgan fingerprint density at radius 1 is 1.50 bits per heavy atom. The number of nitrogens with zero attached hydrogens (tertiary/aromatic N) is 1. The van der Waals surface area contributed by atoms with Gasteiger partial charge in [-0.3, -0.25) is 9.59 Å². The van der Waals surface area contributed by atoms with Crippen molar-refractivity contribution in [3.63, 3.8) is 0 Å². The standard InChI is InChI=1S/C13H16N2O6S/c1-8(13(18)21-2)5-9-3-4-10(11(16)6-9)15-7-12(17)14-22(15,19)20/h3-4,6,8,16H,5,7H2,1-2H3,(H,14,17). The first-order valence-corrected chi connectivity index (χ1v) is 7.91. The Hall–Kier alpha value is -2.29. The van der Waals surface area contributed by atoms with E-state index in [1.165, 1.54) is 19.2 Å². The van der Waals surface area contributed by atoms with E-state index in [0.29, 0.717) is 12.0 Å². The van der Waals surface area contributed by atoms with Gasteiger partial charge in [-0.05, 0) is 24.1 Å². The largest absolute Gasteiger partial charge is 0.506 e. The summed E-state index contributed by atoms with van der Waals surface area (Å²) in [6.07, 6.45) is 0.338. The highest BCUT2D eigenvalue weighted by atomic mass is 32.2. The molecule has 8 nitrogen and oxygen atoms in total. The Balaban J connectivity index is 2.24. The molecule has 0 bridgehead atoms. The second kappa shape index (κ2) is 5.84. The number of nitrogens with one attached hydrogen (secondary N) is 1. The number of methoxy groups -OCH3 is 1. The number of carbonyl (C=O) groups is 2. The SMILES string of the molecule is COC(=O)C(C)Cc1ccc(N2CC(=O)NS2(=O)=O)c(O)c1. The molecule has 1 aliphatic heterocycles. The normalized spacial score (nSPS) is 17.9. The number of anilines is 1. The molecule has 2 rings (SSSR count). The molecule has 0 saturated carbocycles. The summed E-state index contributed by atoms with van der Waals surface area (Å²) in [4.78, 5) is 22.6. The fraction of sp³-hybridized carbons (Fsp3) is 0.385. The lowest BCUT2D eigenvalue weighted by atomic mass is 10.0. The van der Waals surface area contributed by atoms with Crippen LogP contribution in [0.3, 0.4) is 0 Å². The first kappa shape index (κ1) is 16.1. The molecule has 22 heavy (non-hydrogen) atoms. The molecule has 120 valence electrons. The van der Waals surface area contributed by atoms with Crippen molar-refractivity contribution in [2.24, 2.45) is 5.92 Å². The Bertz CT molecular complexity index is 715. The van der Waals surface area contributed by atoms with Crippen molar-refractivity contribution < 1.29 is 27.9 Å². The van der Waals surface area contributed by atoms with E-state index in [1.807, 2.05) is 4.72 Å². The molecule has 1 atom stereocenters. The number of phenolic OH excluding ortho intramolecular Hbond substituents is 1. The van der Waals surface area contributed by atoms with Gasteiger partial charge >= 0.3 is 16.2 Å². The number of esters is 1. The number of aromatic hydroxyl groups is 1. The molecule has 0 aromatic heterocycles. The van der Waals surface area contributed by atoms with Gasteiger partial charge < -0.3 is 9.84 Å². The highest BCUT2D eigenvalue weighted by molar-refractivity contribution is 7.92. The molecule has 1 unspecified atom stereocenters. The first-order chi connectivity index (χ1) is 10.2. The maximum absolute atomic E-state index is 11.7. The van der Waals surface area contributed by atoms with Crippen molar-refractivity contribution in [2.75, 3.05) is 18.0 Å². The van der Waals surface area contributed by atoms with E-state index >= 15 is 0 Å². The van der Waals surface area contributed by atoms with Crippen LogP contribution in [0.1, 0.15) is 12.5 Å². The van der Waals surface area contributed by atoms with Gasteiger partial charge in [-0.25, -0.2) is 9.03 Å². The molecule has 0 spiro atoms. The van der Waals surface area contributed by atoms with Gasteiger partial charge in [0.1, 0.15) is 12.3 Å². The van der Waals surface area contributed by atoms with Crippen LogP contribution in [-0.4, -0.2) is 39.1 Å². The van der Waals surface area contributed by atoms with Crippen molar-refractivity contribution in [2.45, 2.75) is 13.3 Å². The van der Waals surface area contributed by atoms with Crippen LogP contribution >= 0.6 is 0 Å². The second-order valence-corrected chi connectivity index (χ2v) is 6.58. The third-order valence-corrected chi connectivity index (χ3v) is 4.67. The van der Waals surface area contributed by atoms with Crippen molar-refractivity contribution in [1.29, 1.82) is 0 Å². The van der Waals surface area contributed by atoms with Gasteiger partial charge in [0.25, 0.3) is 5.91 Å². The number of rotatable bonds is 4. The van der Waals surface area contributed by atoms with Crippen LogP contribution in [0.4, 0.5) is 5.69 Å². The van der Waals surface area contributed by atoms with Crippen LogP contribution in [0.15, 0.2) is 18.2 Å². The summed E-state index contributed by atoms with van der Waals surface area (Å²) < 4.78 is 30.7. The molecule has 0 radical (unpaired) electrons. The minimum absolute atomic E-state index is 0.00724. The van der Waals surface area contributed by atoms with Crippen molar-refractivity contribution in [3.05, 3.63) is 23.8 Å². The third kappa shape index (κ3) is 3.14. The monoisotopic (exact) mass is 328 g/mol. The van der Waals surface area contributed by atoms with Gasteiger partial charge in [0.2, 0.25) is 0 Å². The van der Waals surface area contributed by atoms with Gasteiger partial charge in [-0.1, -0.05) is 13.0 Å². The summed E-state index contributed by atoms with van der Waals surface area (Å²) in [5, 5.41) is 10.0. The predicted octanol–water partition coefficient (Wildman–Crippen LogP) is -0.0752. The minimum atomic E-state index is -3.97. The van der Waals surface area contributed by atoms with Crippen LogP contribution in [0.25, 0.3) is 0 Å². The Kier molecular flexibility index (Phi) is 4.27. The Morgan fingerprint density at radius 2 is 2.18 bits per heavy atom. The lowest BCUT2D eigenvalue weighted by Crippen LogP contribution is -2.29. The lowest BCUT2D eigenvalue weighted by molar-refractivity contribution is -0.144. The molecule has 1 aliphatic rings. The van der Waals surface area contributed by atoms with E-state index in [2.05, 4.69) is 4.74 Å². The Morgan fingerprint density at radius 3 is 2.68 bits per heavy atom. The third-order valence-electron chi connectivity index (χ3n) is 3.27. The average molecular weight is 328 g/mol. The molecule has 9 heteroatoms. The maximum Gasteiger partial charge on any atom is 0.326 e. The highest BCUT2D eigenvalue weighted by Crippen LogP contribution is 2.31. The number of benzene rings is 1. The molecule has 1 aromatic carbocycles. The molecule has 2 N–H and O–H groups in total. The number of carbonyl (C=O) groups excluding carboxylic acids is 2. The van der Waals surface area contributed by atoms with Crippen LogP contribution < -0.4 is 9.03 Å². The van der Waals surface area contributed by atoms with E-state index < -0.39 is 22.0 Å². The lowest BCUT2D eigenvalue weighted by Gasteiger charge is -2.17. The summed E-state index contributed by atoms with van der Waals surface area (Å²) in [6.45, 7) is 1.30. The fourth-order valence-electron chi connectivity index (χ4n) is 2.21. The van der Waals surface area contributed by atoms with Gasteiger partial charge in [0.05, 0.1) is 18.7 Å². The first-order valence-electron chi connectivity index (χ1n) is 6.47. The molecule has 1 amide bonds. The van der Waals surface area contributed by atoms with Gasteiger partial charge in [-0.2, -0.15) is 8.42 Å². The van der Waals surface area contributed by atoms with Gasteiger partial charge in [-0.15, -0.1) is 0 Å². The topological polar surface area (TPSA) is 113 Å². The zero-order valence-electron chi connectivity index (χ0n) is 12.1. The van der Waals surface area contributed by atoms with Crippen LogP contribution in [0.2, 0.25) is 0 Å². The summed E-state index contributed by atoms with van der Waals surface area (Å²) in [5.41, 5.74) is 0.655. The van der Waals surface area contributed by atoms with E-state index in [9.17, 15) is 23.1 Å². The zero-order chi connectivity index (χ0) is 16.5. The predicted molar refractivity (Wildman–Crippen MR) is 77.4 cm³/mol. The summed E-state index contributed by atoms with van der Waals surface area (Å²) in [5.74, 6) is -1.72.